The molecule has 2 rings (SSSR count). The molecule has 1 aromatic carbocycles. The molecule has 4 heteroatoms. The van der Waals surface area contributed by atoms with Crippen molar-refractivity contribution < 1.29 is 4.42 Å². The van der Waals surface area contributed by atoms with Crippen LogP contribution >= 0.6 is 0 Å². The molecule has 0 saturated carbocycles. The van der Waals surface area contributed by atoms with Crippen LogP contribution in [0.25, 0.3) is 11.0 Å². The van der Waals surface area contributed by atoms with E-state index in [4.69, 9.17) is 10.2 Å². The Balaban J connectivity index is 2.03. The van der Waals surface area contributed by atoms with Crippen LogP contribution in [0, 0.1) is 5.92 Å². The summed E-state index contributed by atoms with van der Waals surface area (Å²) in [5.41, 5.74) is 7.73. The van der Waals surface area contributed by atoms with E-state index >= 15 is 0 Å². The smallest absolute Gasteiger partial charge is 0.188 e. The van der Waals surface area contributed by atoms with E-state index in [9.17, 15) is 0 Å². The van der Waals surface area contributed by atoms with E-state index in [1.54, 1.807) is 6.26 Å². The minimum Gasteiger partial charge on any atom is -0.464 e. The molecule has 0 aliphatic rings. The van der Waals surface area contributed by atoms with Crippen molar-refractivity contribution in [3.8, 4) is 0 Å². The molecular weight excluding hydrogens is 226 g/mol. The van der Waals surface area contributed by atoms with Gasteiger partial charge in [-0.15, -0.1) is 0 Å². The van der Waals surface area contributed by atoms with Crippen LogP contribution in [0.2, 0.25) is 0 Å². The summed E-state index contributed by atoms with van der Waals surface area (Å²) in [7, 11) is 0. The highest BCUT2D eigenvalue weighted by Gasteiger charge is 2.04. The van der Waals surface area contributed by atoms with Crippen LogP contribution in [0.3, 0.4) is 0 Å². The Bertz CT molecular complexity index is 543. The van der Waals surface area contributed by atoms with Crippen LogP contribution in [0.15, 0.2) is 39.9 Å². The van der Waals surface area contributed by atoms with E-state index in [0.29, 0.717) is 18.4 Å². The Hall–Kier alpha value is -1.97. The summed E-state index contributed by atoms with van der Waals surface area (Å²) in [6.07, 6.45) is 1.74. The molecule has 0 atom stereocenters. The van der Waals surface area contributed by atoms with E-state index in [-0.39, 0.29) is 0 Å². The molecule has 0 amide bonds. The van der Waals surface area contributed by atoms with Gasteiger partial charge in [0.25, 0.3) is 0 Å². The first-order chi connectivity index (χ1) is 8.66. The third-order valence-corrected chi connectivity index (χ3v) is 2.67. The number of benzene rings is 1. The van der Waals surface area contributed by atoms with Gasteiger partial charge in [0.15, 0.2) is 5.96 Å². The predicted octanol–water partition coefficient (Wildman–Crippen LogP) is 2.49. The van der Waals surface area contributed by atoms with Crippen LogP contribution in [-0.2, 0) is 6.54 Å². The molecule has 0 saturated heterocycles. The summed E-state index contributed by atoms with van der Waals surface area (Å²) < 4.78 is 5.45. The zero-order valence-electron chi connectivity index (χ0n) is 10.8. The molecule has 2 aromatic rings. The summed E-state index contributed by atoms with van der Waals surface area (Å²) in [5.74, 6) is 1.03. The minimum absolute atomic E-state index is 0.481. The Labute approximate surface area is 107 Å². The molecule has 0 spiro atoms. The summed E-state index contributed by atoms with van der Waals surface area (Å²) in [4.78, 5) is 4.31. The van der Waals surface area contributed by atoms with Gasteiger partial charge >= 0.3 is 0 Å². The van der Waals surface area contributed by atoms with Crippen LogP contribution in [-0.4, -0.2) is 12.5 Å². The Morgan fingerprint density at radius 3 is 2.94 bits per heavy atom. The first-order valence-corrected chi connectivity index (χ1v) is 6.15. The predicted molar refractivity (Wildman–Crippen MR) is 74.4 cm³/mol. The van der Waals surface area contributed by atoms with Gasteiger partial charge in [0.1, 0.15) is 5.58 Å². The number of guanidine groups is 1. The molecule has 3 N–H and O–H groups in total. The second-order valence-electron chi connectivity index (χ2n) is 4.73. The first-order valence-electron chi connectivity index (χ1n) is 6.15. The van der Waals surface area contributed by atoms with Crippen LogP contribution in [0.5, 0.6) is 0 Å². The number of nitrogens with zero attached hydrogens (tertiary/aromatic N) is 1. The molecule has 0 fully saturated rings. The fourth-order valence-electron chi connectivity index (χ4n) is 1.69. The largest absolute Gasteiger partial charge is 0.464 e. The van der Waals surface area contributed by atoms with E-state index in [0.717, 1.165) is 23.1 Å². The molecule has 0 unspecified atom stereocenters. The van der Waals surface area contributed by atoms with Crippen molar-refractivity contribution in [2.24, 2.45) is 16.6 Å². The number of nitrogens with one attached hydrogen (secondary N) is 1. The number of nitrogens with two attached hydrogens (primary N) is 1. The van der Waals surface area contributed by atoms with Gasteiger partial charge in [0.05, 0.1) is 12.8 Å². The van der Waals surface area contributed by atoms with Gasteiger partial charge < -0.3 is 15.5 Å². The summed E-state index contributed by atoms with van der Waals surface area (Å²) in [6.45, 7) is 5.63. The second kappa shape index (κ2) is 5.58. The Kier molecular flexibility index (Phi) is 3.87. The topological polar surface area (TPSA) is 63.5 Å². The number of hydrogen-bond acceptors (Lipinski definition) is 2. The van der Waals surface area contributed by atoms with Crippen LogP contribution < -0.4 is 11.1 Å². The third kappa shape index (κ3) is 3.03. The number of para-hydroxylation sites is 1. The molecule has 1 heterocycles. The lowest BCUT2D eigenvalue weighted by atomic mass is 10.2. The fourth-order valence-corrected chi connectivity index (χ4v) is 1.69. The summed E-state index contributed by atoms with van der Waals surface area (Å²) in [5, 5.41) is 4.18. The van der Waals surface area contributed by atoms with Crippen molar-refractivity contribution in [2.75, 3.05) is 6.54 Å². The number of rotatable bonds is 4. The lowest BCUT2D eigenvalue weighted by molar-refractivity contribution is 0.609. The number of fused-ring (bicyclic) bond motifs is 1. The van der Waals surface area contributed by atoms with Gasteiger partial charge in [-0.25, -0.2) is 4.99 Å². The van der Waals surface area contributed by atoms with Crippen LogP contribution in [0.4, 0.5) is 0 Å². The monoisotopic (exact) mass is 245 g/mol. The molecule has 0 aliphatic carbocycles. The number of hydrogen-bond donors (Lipinski definition) is 2. The third-order valence-electron chi connectivity index (χ3n) is 2.67. The first kappa shape index (κ1) is 12.5. The van der Waals surface area contributed by atoms with Crippen molar-refractivity contribution >= 4 is 16.9 Å². The van der Waals surface area contributed by atoms with Gasteiger partial charge in [0, 0.05) is 17.5 Å². The van der Waals surface area contributed by atoms with Crippen molar-refractivity contribution in [1.29, 1.82) is 0 Å². The summed E-state index contributed by atoms with van der Waals surface area (Å²) in [6, 6.07) is 7.92. The Morgan fingerprint density at radius 1 is 1.39 bits per heavy atom. The minimum atomic E-state index is 0.481. The molecule has 1 aromatic heterocycles. The second-order valence-corrected chi connectivity index (χ2v) is 4.73. The lowest BCUT2D eigenvalue weighted by Crippen LogP contribution is -2.34. The Morgan fingerprint density at radius 2 is 2.17 bits per heavy atom. The van der Waals surface area contributed by atoms with Gasteiger partial charge in [-0.1, -0.05) is 32.0 Å². The van der Waals surface area contributed by atoms with Crippen molar-refractivity contribution in [3.63, 3.8) is 0 Å². The quantitative estimate of drug-likeness (QED) is 0.642. The van der Waals surface area contributed by atoms with Crippen LogP contribution in [0.1, 0.15) is 19.4 Å². The molecule has 0 bridgehead atoms. The fraction of sp³-hybridized carbons (Fsp3) is 0.357. The molecule has 18 heavy (non-hydrogen) atoms. The number of furan rings is 1. The molecule has 0 radical (unpaired) electrons. The molecular formula is C14H19N3O. The average Bonchev–Trinajstić information content (AvgIpc) is 2.77. The molecule has 4 nitrogen and oxygen atoms in total. The maximum absolute atomic E-state index is 5.79. The van der Waals surface area contributed by atoms with Crippen molar-refractivity contribution in [2.45, 2.75) is 20.4 Å². The zero-order valence-corrected chi connectivity index (χ0v) is 10.8. The maximum atomic E-state index is 5.79. The summed E-state index contributed by atoms with van der Waals surface area (Å²) >= 11 is 0. The highest BCUT2D eigenvalue weighted by atomic mass is 16.3. The van der Waals surface area contributed by atoms with E-state index in [1.165, 1.54) is 0 Å². The van der Waals surface area contributed by atoms with E-state index in [2.05, 4.69) is 24.2 Å². The zero-order chi connectivity index (χ0) is 13.0. The van der Waals surface area contributed by atoms with Gasteiger partial charge in [-0.3, -0.25) is 0 Å². The standard InChI is InChI=1S/C14H19N3O/c1-10(2)7-16-14(15)17-8-11-9-18-13-6-4-3-5-12(11)13/h3-6,9-10H,7-8H2,1-2H3,(H3,15,16,17). The van der Waals surface area contributed by atoms with Crippen molar-refractivity contribution in [3.05, 3.63) is 36.1 Å². The average molecular weight is 245 g/mol. The highest BCUT2D eigenvalue weighted by molar-refractivity contribution is 5.82. The molecule has 0 aliphatic heterocycles. The SMILES string of the molecule is CC(C)CNC(N)=NCc1coc2ccccc12. The lowest BCUT2D eigenvalue weighted by Gasteiger charge is -2.07. The molecule has 96 valence electrons. The van der Waals surface area contributed by atoms with E-state index < -0.39 is 0 Å². The number of aliphatic imine (C=N–C) groups is 1. The van der Waals surface area contributed by atoms with Gasteiger partial charge in [-0.2, -0.15) is 0 Å². The van der Waals surface area contributed by atoms with Crippen molar-refractivity contribution in [1.82, 2.24) is 5.32 Å². The van der Waals surface area contributed by atoms with E-state index in [1.807, 2.05) is 24.3 Å². The highest BCUT2D eigenvalue weighted by Crippen LogP contribution is 2.21. The van der Waals surface area contributed by atoms with Gasteiger partial charge in [-0.05, 0) is 12.0 Å². The normalized spacial score (nSPS) is 12.3. The maximum Gasteiger partial charge on any atom is 0.188 e. The van der Waals surface area contributed by atoms with Gasteiger partial charge in [0.2, 0.25) is 0 Å².